The van der Waals surface area contributed by atoms with E-state index in [-0.39, 0.29) is 35.9 Å². The van der Waals surface area contributed by atoms with Gasteiger partial charge in [-0.2, -0.15) is 44.3 Å². The van der Waals surface area contributed by atoms with Gasteiger partial charge in [-0.05, 0) is 90.8 Å². The second kappa shape index (κ2) is 15.2. The first-order valence-electron chi connectivity index (χ1n) is 14.8. The van der Waals surface area contributed by atoms with Gasteiger partial charge in [0.2, 0.25) is 0 Å². The molecule has 1 saturated carbocycles. The standard InChI is InChI=1S/C30H33F9N6O2.ClH/c1-3-10-44(15-18-4-6-20(7-5-18)26(46)47)25-9-8-22(28(31,32)33)13-21(25)17-45(27-40-42-43(2)41-27)16-19-11-23(29(34,35)36)14-24(12-19)30(37,38)39;/h8-9,11-14,18,20H,3-7,10,15-17H2,1-2H3,(H,46,47);1H. The number of carbonyl (C=O) groups is 1. The molecule has 2 aromatic carbocycles. The molecule has 0 unspecified atom stereocenters. The maximum absolute atomic E-state index is 13.9. The Morgan fingerprint density at radius 1 is 0.854 bits per heavy atom. The predicted molar refractivity (Wildman–Crippen MR) is 159 cm³/mol. The minimum Gasteiger partial charge on any atom is -0.481 e. The second-order valence-electron chi connectivity index (χ2n) is 11.7. The summed E-state index contributed by atoms with van der Waals surface area (Å²) >= 11 is 0. The molecule has 8 nitrogen and oxygen atoms in total. The van der Waals surface area contributed by atoms with Crippen molar-refractivity contribution in [2.75, 3.05) is 22.9 Å². The lowest BCUT2D eigenvalue weighted by molar-refractivity contribution is -0.144. The zero-order valence-electron chi connectivity index (χ0n) is 25.8. The average molecular weight is 717 g/mol. The van der Waals surface area contributed by atoms with E-state index in [4.69, 9.17) is 0 Å². The minimum atomic E-state index is -5.11. The number of halogens is 10. The van der Waals surface area contributed by atoms with Crippen molar-refractivity contribution in [2.24, 2.45) is 18.9 Å². The van der Waals surface area contributed by atoms with E-state index in [1.165, 1.54) is 18.0 Å². The fourth-order valence-electron chi connectivity index (χ4n) is 5.82. The smallest absolute Gasteiger partial charge is 0.416 e. The van der Waals surface area contributed by atoms with Crippen LogP contribution in [0.2, 0.25) is 0 Å². The molecule has 1 aliphatic carbocycles. The molecule has 1 fully saturated rings. The van der Waals surface area contributed by atoms with Crippen molar-refractivity contribution in [3.05, 3.63) is 64.2 Å². The Labute approximate surface area is 276 Å². The summed E-state index contributed by atoms with van der Waals surface area (Å²) in [6.07, 6.45) is -12.2. The number of hydrogen-bond donors (Lipinski definition) is 1. The molecule has 0 atom stereocenters. The summed E-state index contributed by atoms with van der Waals surface area (Å²) in [6, 6.07) is 4.19. The van der Waals surface area contributed by atoms with Crippen molar-refractivity contribution in [2.45, 2.75) is 70.6 Å². The molecular formula is C30H34ClF9N6O2. The van der Waals surface area contributed by atoms with Crippen molar-refractivity contribution in [3.63, 3.8) is 0 Å². The topological polar surface area (TPSA) is 87.4 Å². The summed E-state index contributed by atoms with van der Waals surface area (Å²) in [5, 5.41) is 20.9. The lowest BCUT2D eigenvalue weighted by Gasteiger charge is -2.35. The number of aliphatic carboxylic acids is 1. The van der Waals surface area contributed by atoms with Gasteiger partial charge in [0.15, 0.2) is 0 Å². The normalized spacial score (nSPS) is 17.1. The van der Waals surface area contributed by atoms with Crippen LogP contribution in [0.4, 0.5) is 51.1 Å². The van der Waals surface area contributed by atoms with Crippen molar-refractivity contribution >= 4 is 30.0 Å². The maximum Gasteiger partial charge on any atom is 0.416 e. The summed E-state index contributed by atoms with van der Waals surface area (Å²) in [4.78, 5) is 15.5. The van der Waals surface area contributed by atoms with Crippen LogP contribution in [0.25, 0.3) is 0 Å². The molecule has 0 radical (unpaired) electrons. The van der Waals surface area contributed by atoms with Crippen LogP contribution in [0.5, 0.6) is 0 Å². The first-order valence-corrected chi connectivity index (χ1v) is 14.8. The first kappa shape index (κ1) is 38.7. The van der Waals surface area contributed by atoms with E-state index in [2.05, 4.69) is 15.4 Å². The Hall–Kier alpha value is -3.76. The van der Waals surface area contributed by atoms with Crippen LogP contribution >= 0.6 is 12.4 Å². The number of rotatable bonds is 11. The number of aromatic nitrogens is 4. The van der Waals surface area contributed by atoms with Crippen LogP contribution in [0.1, 0.15) is 66.8 Å². The molecule has 18 heteroatoms. The highest BCUT2D eigenvalue weighted by Crippen LogP contribution is 2.39. The van der Waals surface area contributed by atoms with Crippen LogP contribution < -0.4 is 9.80 Å². The van der Waals surface area contributed by atoms with E-state index < -0.39 is 65.8 Å². The molecule has 48 heavy (non-hydrogen) atoms. The van der Waals surface area contributed by atoms with Crippen LogP contribution in [0.3, 0.4) is 0 Å². The molecule has 1 aliphatic rings. The van der Waals surface area contributed by atoms with Crippen LogP contribution in [-0.4, -0.2) is 44.4 Å². The fraction of sp³-hybridized carbons (Fsp3) is 0.533. The Morgan fingerprint density at radius 2 is 1.44 bits per heavy atom. The van der Waals surface area contributed by atoms with Gasteiger partial charge in [0.25, 0.3) is 5.95 Å². The average Bonchev–Trinajstić information content (AvgIpc) is 3.41. The Morgan fingerprint density at radius 3 is 1.92 bits per heavy atom. The molecule has 3 aromatic rings. The molecule has 1 aromatic heterocycles. The number of benzene rings is 2. The van der Waals surface area contributed by atoms with Crippen LogP contribution in [0.15, 0.2) is 36.4 Å². The number of hydrogen-bond acceptors (Lipinski definition) is 6. The second-order valence-corrected chi connectivity index (χ2v) is 11.7. The fourth-order valence-corrected chi connectivity index (χ4v) is 5.82. The highest BCUT2D eigenvalue weighted by atomic mass is 35.5. The van der Waals surface area contributed by atoms with Crippen molar-refractivity contribution in [1.82, 2.24) is 20.2 Å². The van der Waals surface area contributed by atoms with Crippen LogP contribution in [-0.2, 0) is 43.5 Å². The van der Waals surface area contributed by atoms with Gasteiger partial charge in [-0.1, -0.05) is 12.0 Å². The lowest BCUT2D eigenvalue weighted by atomic mass is 9.81. The quantitative estimate of drug-likeness (QED) is 0.201. The highest BCUT2D eigenvalue weighted by Gasteiger charge is 2.38. The summed E-state index contributed by atoms with van der Waals surface area (Å²) in [5.41, 5.74) is -4.03. The molecule has 0 aliphatic heterocycles. The largest absolute Gasteiger partial charge is 0.481 e. The number of nitrogens with zero attached hydrogens (tertiary/aromatic N) is 6. The van der Waals surface area contributed by atoms with Gasteiger partial charge < -0.3 is 14.9 Å². The summed E-state index contributed by atoms with van der Waals surface area (Å²) < 4.78 is 123. The lowest BCUT2D eigenvalue weighted by Crippen LogP contribution is -2.34. The van der Waals surface area contributed by atoms with Crippen LogP contribution in [0, 0.1) is 11.8 Å². The zero-order valence-corrected chi connectivity index (χ0v) is 26.6. The number of anilines is 2. The molecule has 0 spiro atoms. The van der Waals surface area contributed by atoms with Gasteiger partial charge in [0, 0.05) is 31.9 Å². The molecular weight excluding hydrogens is 683 g/mol. The summed E-state index contributed by atoms with van der Waals surface area (Å²) in [7, 11) is 1.37. The van der Waals surface area contributed by atoms with E-state index >= 15 is 0 Å². The van der Waals surface area contributed by atoms with Gasteiger partial charge in [0.1, 0.15) is 0 Å². The molecule has 0 saturated heterocycles. The first-order chi connectivity index (χ1) is 21.8. The predicted octanol–water partition coefficient (Wildman–Crippen LogP) is 8.00. The van der Waals surface area contributed by atoms with Gasteiger partial charge in [-0.15, -0.1) is 17.5 Å². The van der Waals surface area contributed by atoms with E-state index in [1.807, 2.05) is 11.8 Å². The Bertz CT molecular complexity index is 1500. The van der Waals surface area contributed by atoms with Crippen molar-refractivity contribution in [3.8, 4) is 0 Å². The third-order valence-electron chi connectivity index (χ3n) is 8.08. The maximum atomic E-state index is 13.9. The van der Waals surface area contributed by atoms with E-state index in [9.17, 15) is 49.4 Å². The zero-order chi connectivity index (χ0) is 34.7. The van der Waals surface area contributed by atoms with Gasteiger partial charge in [-0.3, -0.25) is 4.79 Å². The van der Waals surface area contributed by atoms with Gasteiger partial charge in [0.05, 0.1) is 29.7 Å². The number of aryl methyl sites for hydroxylation is 1. The number of tetrazole rings is 1. The highest BCUT2D eigenvalue weighted by molar-refractivity contribution is 5.85. The molecule has 4 rings (SSSR count). The third-order valence-corrected chi connectivity index (χ3v) is 8.08. The number of alkyl halides is 9. The number of carboxylic acid groups (broad SMARTS) is 1. The van der Waals surface area contributed by atoms with E-state index in [0.717, 1.165) is 16.9 Å². The molecule has 0 bridgehead atoms. The molecule has 0 amide bonds. The minimum absolute atomic E-state index is 0. The van der Waals surface area contributed by atoms with Crippen molar-refractivity contribution < 1.29 is 49.4 Å². The monoisotopic (exact) mass is 716 g/mol. The molecule has 266 valence electrons. The number of carboxylic acids is 1. The Kier molecular flexibility index (Phi) is 12.3. The Balaban J connectivity index is 0.00000625. The summed E-state index contributed by atoms with van der Waals surface area (Å²) in [5.74, 6) is -1.51. The SMILES string of the molecule is CCCN(CC1CCC(C(=O)O)CC1)c1ccc(C(F)(F)F)cc1CN(Cc1cc(C(F)(F)F)cc(C(F)(F)F)c1)c1nnn(C)n1.Cl. The van der Waals surface area contributed by atoms with Gasteiger partial charge in [-0.25, -0.2) is 0 Å². The molecule has 1 N–H and O–H groups in total. The molecule has 1 heterocycles. The van der Waals surface area contributed by atoms with Crippen molar-refractivity contribution in [1.29, 1.82) is 0 Å². The van der Waals surface area contributed by atoms with Gasteiger partial charge >= 0.3 is 24.5 Å². The van der Waals surface area contributed by atoms with E-state index in [0.29, 0.717) is 63.0 Å². The van der Waals surface area contributed by atoms with E-state index in [1.54, 1.807) is 0 Å². The summed E-state index contributed by atoms with van der Waals surface area (Å²) in [6.45, 7) is 1.66. The third kappa shape index (κ3) is 9.89.